The summed E-state index contributed by atoms with van der Waals surface area (Å²) in [5.74, 6) is 1.39. The first-order chi connectivity index (χ1) is 17.4. The van der Waals surface area contributed by atoms with Gasteiger partial charge in [-0.05, 0) is 55.7 Å². The van der Waals surface area contributed by atoms with Crippen molar-refractivity contribution in [3.8, 4) is 0 Å². The molecule has 2 fully saturated rings. The van der Waals surface area contributed by atoms with Crippen LogP contribution in [0.3, 0.4) is 0 Å². The number of hydrogen-bond donors (Lipinski definition) is 1. The first-order valence-corrected chi connectivity index (χ1v) is 13.7. The molecule has 0 spiro atoms. The molecule has 190 valence electrons. The van der Waals surface area contributed by atoms with Crippen molar-refractivity contribution in [2.75, 3.05) is 41.7 Å². The maximum Gasteiger partial charge on any atom is 0.227 e. The Morgan fingerprint density at radius 2 is 1.97 bits per heavy atom. The van der Waals surface area contributed by atoms with Crippen LogP contribution in [0.1, 0.15) is 37.3 Å². The average Bonchev–Trinajstić information content (AvgIpc) is 3.61. The Morgan fingerprint density at radius 3 is 2.72 bits per heavy atom. The van der Waals surface area contributed by atoms with Gasteiger partial charge in [-0.3, -0.25) is 9.59 Å². The van der Waals surface area contributed by atoms with Gasteiger partial charge < -0.3 is 15.1 Å². The van der Waals surface area contributed by atoms with Crippen LogP contribution in [0.25, 0.3) is 11.0 Å². The summed E-state index contributed by atoms with van der Waals surface area (Å²) in [6.07, 6.45) is 4.41. The maximum atomic E-state index is 12.9. The van der Waals surface area contributed by atoms with E-state index in [1.807, 2.05) is 42.9 Å². The minimum atomic E-state index is -0.356. The zero-order valence-electron chi connectivity index (χ0n) is 21.2. The van der Waals surface area contributed by atoms with Crippen LogP contribution >= 0.6 is 11.8 Å². The van der Waals surface area contributed by atoms with Crippen molar-refractivity contribution in [2.45, 2.75) is 51.7 Å². The number of nitrogens with zero attached hydrogens (tertiary/aromatic N) is 6. The van der Waals surface area contributed by atoms with Gasteiger partial charge in [0.25, 0.3) is 0 Å². The molecule has 2 aliphatic heterocycles. The number of amides is 2. The molecule has 2 amide bonds. The van der Waals surface area contributed by atoms with Gasteiger partial charge in [0, 0.05) is 38.3 Å². The lowest BCUT2D eigenvalue weighted by Crippen LogP contribution is -2.35. The first-order valence-electron chi connectivity index (χ1n) is 12.7. The summed E-state index contributed by atoms with van der Waals surface area (Å²) in [5, 5.41) is 9.29. The molecule has 10 heteroatoms. The molecule has 2 saturated heterocycles. The Bertz CT molecular complexity index is 1280. The maximum absolute atomic E-state index is 12.9. The van der Waals surface area contributed by atoms with E-state index in [-0.39, 0.29) is 24.2 Å². The molecule has 0 bridgehead atoms. The Kier molecular flexibility index (Phi) is 7.13. The second kappa shape index (κ2) is 10.5. The molecule has 1 aromatic carbocycles. The van der Waals surface area contributed by atoms with Crippen LogP contribution in [-0.4, -0.2) is 63.5 Å². The highest BCUT2D eigenvalue weighted by molar-refractivity contribution is 7.99. The highest BCUT2D eigenvalue weighted by atomic mass is 32.2. The summed E-state index contributed by atoms with van der Waals surface area (Å²) in [4.78, 5) is 39.1. The van der Waals surface area contributed by atoms with E-state index in [2.05, 4.69) is 22.2 Å². The molecular formula is C26H33N7O2S. The van der Waals surface area contributed by atoms with Gasteiger partial charge in [0.05, 0.1) is 24.0 Å². The topological polar surface area (TPSA) is 96.2 Å². The molecule has 3 aromatic rings. The lowest BCUT2D eigenvalue weighted by atomic mass is 10.1. The molecule has 2 aliphatic rings. The summed E-state index contributed by atoms with van der Waals surface area (Å²) in [7, 11) is 0. The van der Waals surface area contributed by atoms with Gasteiger partial charge >= 0.3 is 0 Å². The Balaban J connectivity index is 1.24. The van der Waals surface area contributed by atoms with Crippen LogP contribution in [0, 0.1) is 19.8 Å². The van der Waals surface area contributed by atoms with Crippen molar-refractivity contribution in [2.24, 2.45) is 5.92 Å². The fourth-order valence-corrected chi connectivity index (χ4v) is 5.46. The van der Waals surface area contributed by atoms with E-state index in [9.17, 15) is 9.59 Å². The number of nitrogens with one attached hydrogen (secondary N) is 1. The number of thioether (sulfide) groups is 1. The van der Waals surface area contributed by atoms with Crippen LogP contribution < -0.4 is 15.1 Å². The summed E-state index contributed by atoms with van der Waals surface area (Å²) in [6.45, 7) is 9.51. The number of aromatic nitrogens is 4. The van der Waals surface area contributed by atoms with Crippen LogP contribution in [-0.2, 0) is 16.1 Å². The fourth-order valence-electron chi connectivity index (χ4n) is 4.90. The van der Waals surface area contributed by atoms with Gasteiger partial charge in [-0.1, -0.05) is 24.8 Å². The predicted octanol–water partition coefficient (Wildman–Crippen LogP) is 3.32. The standard InChI is InChI=1S/C26H33N7O2S/c1-4-36-26-29-23(31-10-5-6-11-31)21-15-28-33(24(21)30-26)12-9-27-25(35)19-14-22(34)32(16-19)20-8-7-17(2)18(3)13-20/h7-8,13,15,19H,4-6,9-12,14,16H2,1-3H3,(H,27,35). The molecule has 36 heavy (non-hydrogen) atoms. The SMILES string of the molecule is CCSc1nc(N2CCCC2)c2cnn(CCNC(=O)C3CC(=O)N(c4ccc(C)c(C)c4)C3)c2n1. The molecule has 2 aromatic heterocycles. The minimum Gasteiger partial charge on any atom is -0.356 e. The molecule has 4 heterocycles. The van der Waals surface area contributed by atoms with Crippen LogP contribution in [0.5, 0.6) is 0 Å². The minimum absolute atomic E-state index is 0.0106. The van der Waals surface area contributed by atoms with E-state index in [0.29, 0.717) is 19.6 Å². The van der Waals surface area contributed by atoms with E-state index < -0.39 is 0 Å². The van der Waals surface area contributed by atoms with Crippen molar-refractivity contribution in [3.63, 3.8) is 0 Å². The molecule has 1 unspecified atom stereocenters. The third-order valence-corrected chi connectivity index (χ3v) is 7.78. The van der Waals surface area contributed by atoms with Crippen molar-refractivity contribution < 1.29 is 9.59 Å². The van der Waals surface area contributed by atoms with Gasteiger partial charge in [-0.25, -0.2) is 14.6 Å². The molecule has 1 N–H and O–H groups in total. The van der Waals surface area contributed by atoms with Crippen molar-refractivity contribution in [1.29, 1.82) is 0 Å². The van der Waals surface area contributed by atoms with Crippen LogP contribution in [0.2, 0.25) is 0 Å². The van der Waals surface area contributed by atoms with E-state index in [1.165, 1.54) is 18.4 Å². The second-order valence-corrected chi connectivity index (χ2v) is 10.8. The Labute approximate surface area is 215 Å². The third kappa shape index (κ3) is 4.91. The van der Waals surface area contributed by atoms with Crippen LogP contribution in [0.4, 0.5) is 11.5 Å². The van der Waals surface area contributed by atoms with Gasteiger partial charge in [-0.2, -0.15) is 5.10 Å². The number of fused-ring (bicyclic) bond motifs is 1. The number of hydrogen-bond acceptors (Lipinski definition) is 7. The Hall–Kier alpha value is -3.14. The lowest BCUT2D eigenvalue weighted by molar-refractivity contribution is -0.126. The van der Waals surface area contributed by atoms with Gasteiger partial charge in [-0.15, -0.1) is 0 Å². The fraction of sp³-hybridized carbons (Fsp3) is 0.500. The van der Waals surface area contributed by atoms with Gasteiger partial charge in [0.1, 0.15) is 5.82 Å². The molecule has 0 radical (unpaired) electrons. The quantitative estimate of drug-likeness (QED) is 0.369. The first kappa shape index (κ1) is 24.5. The van der Waals surface area contributed by atoms with Crippen molar-refractivity contribution >= 4 is 46.1 Å². The summed E-state index contributed by atoms with van der Waals surface area (Å²) in [5.41, 5.74) is 3.98. The number of carbonyl (C=O) groups is 2. The summed E-state index contributed by atoms with van der Waals surface area (Å²) in [6, 6.07) is 5.98. The van der Waals surface area contributed by atoms with E-state index >= 15 is 0 Å². The number of anilines is 2. The summed E-state index contributed by atoms with van der Waals surface area (Å²) >= 11 is 1.62. The zero-order chi connectivity index (χ0) is 25.2. The molecule has 0 saturated carbocycles. The summed E-state index contributed by atoms with van der Waals surface area (Å²) < 4.78 is 1.85. The molecular weight excluding hydrogens is 474 g/mol. The van der Waals surface area contributed by atoms with Crippen molar-refractivity contribution in [1.82, 2.24) is 25.1 Å². The lowest BCUT2D eigenvalue weighted by Gasteiger charge is -2.18. The smallest absolute Gasteiger partial charge is 0.227 e. The van der Waals surface area contributed by atoms with Crippen LogP contribution in [0.15, 0.2) is 29.6 Å². The zero-order valence-corrected chi connectivity index (χ0v) is 22.0. The average molecular weight is 508 g/mol. The second-order valence-electron chi connectivity index (χ2n) is 9.53. The predicted molar refractivity (Wildman–Crippen MR) is 143 cm³/mol. The van der Waals surface area contributed by atoms with E-state index in [1.54, 1.807) is 16.7 Å². The number of carbonyl (C=O) groups excluding carboxylic acids is 2. The number of benzene rings is 1. The number of aryl methyl sites for hydroxylation is 2. The molecule has 1 atom stereocenters. The molecule has 9 nitrogen and oxygen atoms in total. The van der Waals surface area contributed by atoms with Crippen molar-refractivity contribution in [3.05, 3.63) is 35.5 Å². The largest absolute Gasteiger partial charge is 0.356 e. The highest BCUT2D eigenvalue weighted by Crippen LogP contribution is 2.30. The molecule has 5 rings (SSSR count). The van der Waals surface area contributed by atoms with E-state index in [0.717, 1.165) is 52.1 Å². The van der Waals surface area contributed by atoms with Gasteiger partial charge in [0.2, 0.25) is 11.8 Å². The normalized spacial score (nSPS) is 18.0. The molecule has 0 aliphatic carbocycles. The third-order valence-electron chi connectivity index (χ3n) is 7.06. The highest BCUT2D eigenvalue weighted by Gasteiger charge is 2.35. The number of rotatable bonds is 8. The monoisotopic (exact) mass is 507 g/mol. The van der Waals surface area contributed by atoms with Gasteiger partial charge in [0.15, 0.2) is 10.8 Å². The van der Waals surface area contributed by atoms with E-state index in [4.69, 9.17) is 9.97 Å². The Morgan fingerprint density at radius 1 is 1.17 bits per heavy atom.